The molecule has 6 nitrogen and oxygen atoms in total. The Morgan fingerprint density at radius 2 is 1.45 bits per heavy atom. The SMILES string of the molecule is O=C(OCCN1C(=O)c2ccccc2C1=O)c1ccccc1C(=O)c1cccs1. The van der Waals surface area contributed by atoms with E-state index < -0.39 is 17.8 Å². The molecule has 0 atom stereocenters. The number of nitrogens with zero attached hydrogens (tertiary/aromatic N) is 1. The van der Waals surface area contributed by atoms with Crippen molar-refractivity contribution in [2.75, 3.05) is 13.2 Å². The molecule has 0 N–H and O–H groups in total. The van der Waals surface area contributed by atoms with Crippen molar-refractivity contribution in [2.45, 2.75) is 0 Å². The lowest BCUT2D eigenvalue weighted by Gasteiger charge is -2.14. The van der Waals surface area contributed by atoms with Gasteiger partial charge >= 0.3 is 5.97 Å². The Hall–Kier alpha value is -3.58. The van der Waals surface area contributed by atoms with Crippen molar-refractivity contribution >= 4 is 34.9 Å². The lowest BCUT2D eigenvalue weighted by Crippen LogP contribution is -2.33. The van der Waals surface area contributed by atoms with Gasteiger partial charge in [0.2, 0.25) is 5.78 Å². The lowest BCUT2D eigenvalue weighted by molar-refractivity contribution is 0.0419. The number of ether oxygens (including phenoxy) is 1. The summed E-state index contributed by atoms with van der Waals surface area (Å²) in [7, 11) is 0. The van der Waals surface area contributed by atoms with Crippen molar-refractivity contribution in [2.24, 2.45) is 0 Å². The molecule has 1 aromatic heterocycles. The van der Waals surface area contributed by atoms with Gasteiger partial charge in [0.15, 0.2) is 0 Å². The van der Waals surface area contributed by atoms with Crippen molar-refractivity contribution in [3.8, 4) is 0 Å². The second-order valence-corrected chi connectivity index (χ2v) is 7.24. The summed E-state index contributed by atoms with van der Waals surface area (Å²) in [5, 5.41) is 1.79. The van der Waals surface area contributed by atoms with E-state index >= 15 is 0 Å². The molecule has 0 unspecified atom stereocenters. The summed E-state index contributed by atoms with van der Waals surface area (Å²) in [5.74, 6) is -1.75. The highest BCUT2D eigenvalue weighted by atomic mass is 32.1. The first kappa shape index (κ1) is 18.8. The van der Waals surface area contributed by atoms with Crippen LogP contribution in [-0.4, -0.2) is 41.6 Å². The van der Waals surface area contributed by atoms with Gasteiger partial charge in [0, 0.05) is 5.56 Å². The minimum absolute atomic E-state index is 0.0564. The molecular formula is C22H15NO5S. The van der Waals surface area contributed by atoms with Gasteiger partial charge in [-0.2, -0.15) is 0 Å². The Morgan fingerprint density at radius 3 is 2.07 bits per heavy atom. The molecule has 0 fully saturated rings. The Kier molecular flexibility index (Phi) is 5.05. The fourth-order valence-corrected chi connectivity index (χ4v) is 3.83. The smallest absolute Gasteiger partial charge is 0.338 e. The predicted molar refractivity (Wildman–Crippen MR) is 106 cm³/mol. The van der Waals surface area contributed by atoms with Gasteiger partial charge in [0.05, 0.1) is 28.1 Å². The molecule has 0 saturated carbocycles. The summed E-state index contributed by atoms with van der Waals surface area (Å²) in [4.78, 5) is 51.4. The first-order valence-electron chi connectivity index (χ1n) is 8.87. The molecule has 0 radical (unpaired) electrons. The summed E-state index contributed by atoms with van der Waals surface area (Å²) in [6.07, 6.45) is 0. The fourth-order valence-electron chi connectivity index (χ4n) is 3.15. The maximum absolute atomic E-state index is 12.6. The molecule has 4 rings (SSSR count). The molecule has 3 aromatic rings. The monoisotopic (exact) mass is 405 g/mol. The Bertz CT molecular complexity index is 1080. The minimum atomic E-state index is -0.679. The summed E-state index contributed by atoms with van der Waals surface area (Å²) < 4.78 is 5.26. The van der Waals surface area contributed by atoms with E-state index in [1.165, 1.54) is 17.4 Å². The number of carbonyl (C=O) groups is 4. The van der Waals surface area contributed by atoms with Crippen molar-refractivity contribution in [1.82, 2.24) is 4.90 Å². The molecule has 1 aliphatic rings. The quantitative estimate of drug-likeness (QED) is 0.357. The topological polar surface area (TPSA) is 80.8 Å². The predicted octanol–water partition coefficient (Wildman–Crippen LogP) is 3.43. The van der Waals surface area contributed by atoms with Gasteiger partial charge in [-0.3, -0.25) is 19.3 Å². The van der Waals surface area contributed by atoms with E-state index in [9.17, 15) is 19.2 Å². The second-order valence-electron chi connectivity index (χ2n) is 6.30. The van der Waals surface area contributed by atoms with Crippen molar-refractivity contribution in [1.29, 1.82) is 0 Å². The molecule has 2 heterocycles. The minimum Gasteiger partial charge on any atom is -0.460 e. The third kappa shape index (κ3) is 3.48. The van der Waals surface area contributed by atoms with Crippen LogP contribution in [0.15, 0.2) is 66.0 Å². The Labute approximate surface area is 170 Å². The van der Waals surface area contributed by atoms with Crippen LogP contribution in [0.25, 0.3) is 0 Å². The first-order valence-corrected chi connectivity index (χ1v) is 9.75. The van der Waals surface area contributed by atoms with Gasteiger partial charge in [-0.15, -0.1) is 11.3 Å². The molecule has 0 aliphatic carbocycles. The zero-order valence-electron chi connectivity index (χ0n) is 15.2. The van der Waals surface area contributed by atoms with E-state index in [0.29, 0.717) is 16.0 Å². The van der Waals surface area contributed by atoms with Gasteiger partial charge < -0.3 is 4.74 Å². The number of carbonyl (C=O) groups excluding carboxylic acids is 4. The number of imide groups is 1. The summed E-state index contributed by atoms with van der Waals surface area (Å²) in [6.45, 7) is -0.217. The average Bonchev–Trinajstić information content (AvgIpc) is 3.37. The summed E-state index contributed by atoms with van der Waals surface area (Å²) >= 11 is 1.29. The van der Waals surface area contributed by atoms with E-state index in [1.54, 1.807) is 60.0 Å². The normalized spacial score (nSPS) is 12.8. The highest BCUT2D eigenvalue weighted by Crippen LogP contribution is 2.22. The summed E-state index contributed by atoms with van der Waals surface area (Å²) in [5.41, 5.74) is 1.08. The molecule has 144 valence electrons. The third-order valence-electron chi connectivity index (χ3n) is 4.56. The zero-order valence-corrected chi connectivity index (χ0v) is 16.0. The fraction of sp³-hybridized carbons (Fsp3) is 0.0909. The van der Waals surface area contributed by atoms with Crippen LogP contribution in [0.3, 0.4) is 0 Å². The number of benzene rings is 2. The molecule has 2 amide bonds. The number of esters is 1. The molecule has 0 spiro atoms. The average molecular weight is 405 g/mol. The van der Waals surface area contributed by atoms with Crippen LogP contribution in [0, 0.1) is 0 Å². The van der Waals surface area contributed by atoms with Crippen molar-refractivity contribution in [3.63, 3.8) is 0 Å². The van der Waals surface area contributed by atoms with Crippen LogP contribution in [-0.2, 0) is 4.74 Å². The molecule has 29 heavy (non-hydrogen) atoms. The molecule has 0 saturated heterocycles. The van der Waals surface area contributed by atoms with E-state index in [1.807, 2.05) is 0 Å². The largest absolute Gasteiger partial charge is 0.460 e. The Balaban J connectivity index is 1.43. The van der Waals surface area contributed by atoms with Gasteiger partial charge in [0.1, 0.15) is 6.61 Å². The standard InChI is InChI=1S/C22H15NO5S/c24-19(18-10-5-13-29-18)14-6-1-4-9-17(14)22(27)28-12-11-23-20(25)15-7-2-3-8-16(15)21(23)26/h1-10,13H,11-12H2. The first-order chi connectivity index (χ1) is 14.1. The molecule has 2 aromatic carbocycles. The maximum atomic E-state index is 12.6. The van der Waals surface area contributed by atoms with Gasteiger partial charge in [0.25, 0.3) is 11.8 Å². The number of rotatable bonds is 6. The number of amides is 2. The van der Waals surface area contributed by atoms with E-state index in [4.69, 9.17) is 4.74 Å². The summed E-state index contributed by atoms with van der Waals surface area (Å²) in [6, 6.07) is 16.4. The van der Waals surface area contributed by atoms with E-state index in [0.717, 1.165) is 4.90 Å². The van der Waals surface area contributed by atoms with Crippen LogP contribution in [0.1, 0.15) is 46.3 Å². The zero-order chi connectivity index (χ0) is 20.4. The van der Waals surface area contributed by atoms with Crippen LogP contribution in [0.5, 0.6) is 0 Å². The van der Waals surface area contributed by atoms with Crippen molar-refractivity contribution in [3.05, 3.63) is 93.2 Å². The number of ketones is 1. The molecular weight excluding hydrogens is 390 g/mol. The number of thiophene rings is 1. The molecule has 0 bridgehead atoms. The van der Waals surface area contributed by atoms with Gasteiger partial charge in [-0.25, -0.2) is 4.79 Å². The number of hydrogen-bond acceptors (Lipinski definition) is 6. The van der Waals surface area contributed by atoms with Crippen LogP contribution in [0.2, 0.25) is 0 Å². The van der Waals surface area contributed by atoms with E-state index in [2.05, 4.69) is 0 Å². The number of fused-ring (bicyclic) bond motifs is 1. The Morgan fingerprint density at radius 1 is 0.828 bits per heavy atom. The third-order valence-corrected chi connectivity index (χ3v) is 5.43. The van der Waals surface area contributed by atoms with Crippen LogP contribution < -0.4 is 0 Å². The second kappa shape index (κ2) is 7.81. The van der Waals surface area contributed by atoms with Crippen molar-refractivity contribution < 1.29 is 23.9 Å². The maximum Gasteiger partial charge on any atom is 0.338 e. The highest BCUT2D eigenvalue weighted by Gasteiger charge is 2.35. The van der Waals surface area contributed by atoms with Crippen LogP contribution in [0.4, 0.5) is 0 Å². The van der Waals surface area contributed by atoms with Crippen LogP contribution >= 0.6 is 11.3 Å². The lowest BCUT2D eigenvalue weighted by atomic mass is 10.0. The van der Waals surface area contributed by atoms with Gasteiger partial charge in [-0.05, 0) is 29.6 Å². The molecule has 7 heteroatoms. The number of hydrogen-bond donors (Lipinski definition) is 0. The van der Waals surface area contributed by atoms with Gasteiger partial charge in [-0.1, -0.05) is 36.4 Å². The highest BCUT2D eigenvalue weighted by molar-refractivity contribution is 7.12. The molecule has 1 aliphatic heterocycles. The van der Waals surface area contributed by atoms with E-state index in [-0.39, 0.29) is 30.1 Å².